The second-order valence-corrected chi connectivity index (χ2v) is 7.25. The normalized spacial score (nSPS) is 22.4. The van der Waals surface area contributed by atoms with Crippen molar-refractivity contribution in [2.75, 3.05) is 0 Å². The summed E-state index contributed by atoms with van der Waals surface area (Å²) in [4.78, 5) is 15.0. The smallest absolute Gasteiger partial charge is 0.268 e. The van der Waals surface area contributed by atoms with Crippen molar-refractivity contribution in [3.63, 3.8) is 0 Å². The van der Waals surface area contributed by atoms with E-state index in [0.717, 1.165) is 40.2 Å². The lowest BCUT2D eigenvalue weighted by molar-refractivity contribution is -0.120. The van der Waals surface area contributed by atoms with Crippen LogP contribution in [0, 0.1) is 18.3 Å². The minimum Gasteiger partial charge on any atom is -0.493 e. The molecular weight excluding hydrogens is 346 g/mol. The summed E-state index contributed by atoms with van der Waals surface area (Å²) in [5, 5.41) is 18.7. The zero-order valence-corrected chi connectivity index (χ0v) is 13.8. The zero-order chi connectivity index (χ0) is 15.5. The van der Waals surface area contributed by atoms with Gasteiger partial charge in [-0.15, -0.1) is 10.2 Å². The predicted molar refractivity (Wildman–Crippen MR) is 86.3 cm³/mol. The number of aromatic amines is 1. The molecule has 114 valence electrons. The van der Waals surface area contributed by atoms with E-state index in [1.165, 1.54) is 6.42 Å². The number of aromatic nitrogens is 1. The fraction of sp³-hybridized carbons (Fsp3) is 0.438. The van der Waals surface area contributed by atoms with Crippen LogP contribution in [0.3, 0.4) is 0 Å². The second-order valence-electron chi connectivity index (χ2n) is 6.45. The third kappa shape index (κ3) is 1.93. The van der Waals surface area contributed by atoms with Gasteiger partial charge in [0.25, 0.3) is 5.91 Å². The van der Waals surface area contributed by atoms with Crippen molar-refractivity contribution in [2.24, 2.45) is 21.6 Å². The lowest BCUT2D eigenvalue weighted by Gasteiger charge is -2.25. The number of halogens is 1. The molecule has 1 aromatic carbocycles. The molecule has 5 nitrogen and oxygen atoms in total. The number of carbonyl (C=O) groups excluding carboxylic acids is 1. The molecule has 2 fully saturated rings. The van der Waals surface area contributed by atoms with Gasteiger partial charge >= 0.3 is 0 Å². The monoisotopic (exact) mass is 361 g/mol. The maximum absolute atomic E-state index is 12.1. The first kappa shape index (κ1) is 13.9. The van der Waals surface area contributed by atoms with E-state index in [-0.39, 0.29) is 23.1 Å². The van der Waals surface area contributed by atoms with Gasteiger partial charge < -0.3 is 10.1 Å². The molecule has 2 N–H and O–H groups in total. The van der Waals surface area contributed by atoms with Crippen LogP contribution in [0.25, 0.3) is 10.9 Å². The first-order chi connectivity index (χ1) is 10.5. The van der Waals surface area contributed by atoms with E-state index in [2.05, 4.69) is 31.1 Å². The minimum atomic E-state index is -0.155. The van der Waals surface area contributed by atoms with E-state index in [1.54, 1.807) is 0 Å². The molecule has 0 bridgehead atoms. The highest BCUT2D eigenvalue weighted by Gasteiger charge is 2.61. The molecule has 0 unspecified atom stereocenters. The van der Waals surface area contributed by atoms with Gasteiger partial charge in [-0.3, -0.25) is 4.79 Å². The molecule has 22 heavy (non-hydrogen) atoms. The largest absolute Gasteiger partial charge is 0.493 e. The standard InChI is InChI=1S/C16H16BrN3O2/c1-8-3-4-10-11(12(8)17)13(15(22)18-10)19-20-14(21)9-7-16(9)5-2-6-16/h3-4,9,18,22H,2,5-7H2,1H3/t9-/m1/s1. The van der Waals surface area contributed by atoms with Crippen LogP contribution in [0.1, 0.15) is 31.2 Å². The Kier molecular flexibility index (Phi) is 2.95. The van der Waals surface area contributed by atoms with Crippen molar-refractivity contribution >= 4 is 38.4 Å². The number of azo groups is 1. The molecule has 2 saturated carbocycles. The van der Waals surface area contributed by atoms with Crippen LogP contribution in [0.4, 0.5) is 5.69 Å². The average Bonchev–Trinajstić information content (AvgIpc) is 3.14. The Morgan fingerprint density at radius 2 is 2.23 bits per heavy atom. The molecule has 1 amide bonds. The number of aryl methyl sites for hydroxylation is 1. The molecule has 2 aliphatic rings. The number of rotatable bonds is 2. The summed E-state index contributed by atoms with van der Waals surface area (Å²) < 4.78 is 0.852. The summed E-state index contributed by atoms with van der Waals surface area (Å²) in [6.45, 7) is 1.96. The number of hydrogen-bond acceptors (Lipinski definition) is 3. The second kappa shape index (κ2) is 4.65. The van der Waals surface area contributed by atoms with Gasteiger partial charge in [-0.25, -0.2) is 0 Å². The highest BCUT2D eigenvalue weighted by molar-refractivity contribution is 9.10. The summed E-state index contributed by atoms with van der Waals surface area (Å²) in [6, 6.07) is 3.82. The Morgan fingerprint density at radius 3 is 2.86 bits per heavy atom. The molecule has 0 saturated heterocycles. The SMILES string of the molecule is Cc1ccc2[nH]c(O)c(N=NC(=O)[C@H]3CC34CCC4)c2c1Br. The molecule has 2 aliphatic carbocycles. The Hall–Kier alpha value is -1.69. The Labute approximate surface area is 136 Å². The topological polar surface area (TPSA) is 77.8 Å². The van der Waals surface area contributed by atoms with E-state index in [0.29, 0.717) is 5.69 Å². The van der Waals surface area contributed by atoms with Crippen molar-refractivity contribution in [2.45, 2.75) is 32.6 Å². The van der Waals surface area contributed by atoms with Crippen LogP contribution in [-0.4, -0.2) is 16.0 Å². The Bertz CT molecular complexity index is 820. The van der Waals surface area contributed by atoms with Gasteiger partial charge in [0.2, 0.25) is 5.88 Å². The fourth-order valence-corrected chi connectivity index (χ4v) is 4.00. The highest BCUT2D eigenvalue weighted by Crippen LogP contribution is 2.65. The summed E-state index contributed by atoms with van der Waals surface area (Å²) in [5.74, 6) is -0.174. The molecular formula is C16H16BrN3O2. The quantitative estimate of drug-likeness (QED) is 0.757. The molecule has 1 spiro atoms. The lowest BCUT2D eigenvalue weighted by Crippen LogP contribution is -2.17. The summed E-state index contributed by atoms with van der Waals surface area (Å²) >= 11 is 3.51. The molecule has 2 aromatic rings. The van der Waals surface area contributed by atoms with Crippen LogP contribution in [-0.2, 0) is 4.79 Å². The average molecular weight is 362 g/mol. The number of carbonyl (C=O) groups is 1. The highest BCUT2D eigenvalue weighted by atomic mass is 79.9. The number of aromatic hydroxyl groups is 1. The van der Waals surface area contributed by atoms with Gasteiger partial charge in [0.1, 0.15) is 0 Å². The third-order valence-corrected chi connectivity index (χ3v) is 6.16. The number of fused-ring (bicyclic) bond motifs is 1. The molecule has 1 heterocycles. The van der Waals surface area contributed by atoms with Crippen molar-refractivity contribution in [3.05, 3.63) is 22.2 Å². The van der Waals surface area contributed by atoms with Gasteiger partial charge in [0, 0.05) is 15.8 Å². The predicted octanol–water partition coefficient (Wildman–Crippen LogP) is 4.74. The van der Waals surface area contributed by atoms with Gasteiger partial charge in [0.15, 0.2) is 5.69 Å². The summed E-state index contributed by atoms with van der Waals surface area (Å²) in [7, 11) is 0. The van der Waals surface area contributed by atoms with Crippen molar-refractivity contribution in [1.29, 1.82) is 0 Å². The number of amides is 1. The third-order valence-electron chi connectivity index (χ3n) is 5.13. The van der Waals surface area contributed by atoms with Crippen LogP contribution >= 0.6 is 15.9 Å². The van der Waals surface area contributed by atoms with Crippen molar-refractivity contribution in [3.8, 4) is 5.88 Å². The lowest BCUT2D eigenvalue weighted by atomic mass is 9.80. The Morgan fingerprint density at radius 1 is 1.45 bits per heavy atom. The number of nitrogens with zero attached hydrogens (tertiary/aromatic N) is 2. The molecule has 1 atom stereocenters. The molecule has 0 radical (unpaired) electrons. The summed E-state index contributed by atoms with van der Waals surface area (Å²) in [5.41, 5.74) is 2.36. The van der Waals surface area contributed by atoms with Crippen LogP contribution in [0.15, 0.2) is 26.8 Å². The summed E-state index contributed by atoms with van der Waals surface area (Å²) in [6.07, 6.45) is 4.45. The molecule has 1 aromatic heterocycles. The van der Waals surface area contributed by atoms with Gasteiger partial charge in [-0.05, 0) is 59.2 Å². The molecule has 6 heteroatoms. The van der Waals surface area contributed by atoms with E-state index in [1.807, 2.05) is 19.1 Å². The fourth-order valence-electron chi connectivity index (χ4n) is 3.47. The van der Waals surface area contributed by atoms with Gasteiger partial charge in [-0.1, -0.05) is 12.5 Å². The number of hydrogen-bond donors (Lipinski definition) is 2. The molecule has 4 rings (SSSR count). The molecule has 0 aliphatic heterocycles. The Balaban J connectivity index is 1.66. The number of benzene rings is 1. The number of nitrogens with one attached hydrogen (secondary N) is 1. The zero-order valence-electron chi connectivity index (χ0n) is 12.2. The van der Waals surface area contributed by atoms with Crippen LogP contribution in [0.5, 0.6) is 5.88 Å². The van der Waals surface area contributed by atoms with E-state index in [9.17, 15) is 9.90 Å². The van der Waals surface area contributed by atoms with Crippen molar-refractivity contribution in [1.82, 2.24) is 4.98 Å². The first-order valence-electron chi connectivity index (χ1n) is 7.47. The van der Waals surface area contributed by atoms with Crippen LogP contribution < -0.4 is 0 Å². The number of H-pyrrole nitrogens is 1. The van der Waals surface area contributed by atoms with Gasteiger partial charge in [-0.2, -0.15) is 0 Å². The van der Waals surface area contributed by atoms with Gasteiger partial charge in [0.05, 0.1) is 5.52 Å². The van der Waals surface area contributed by atoms with Crippen molar-refractivity contribution < 1.29 is 9.90 Å². The van der Waals surface area contributed by atoms with Crippen LogP contribution in [0.2, 0.25) is 0 Å². The van der Waals surface area contributed by atoms with E-state index in [4.69, 9.17) is 0 Å². The van der Waals surface area contributed by atoms with E-state index < -0.39 is 0 Å². The van der Waals surface area contributed by atoms with E-state index >= 15 is 0 Å². The maximum atomic E-state index is 12.1. The first-order valence-corrected chi connectivity index (χ1v) is 8.26. The maximum Gasteiger partial charge on any atom is 0.268 e. The minimum absolute atomic E-state index is 0.0440.